The van der Waals surface area contributed by atoms with Crippen LogP contribution >= 0.6 is 11.8 Å². The molecule has 0 bridgehead atoms. The van der Waals surface area contributed by atoms with Gasteiger partial charge in [-0.05, 0) is 78.2 Å². The highest BCUT2D eigenvalue weighted by molar-refractivity contribution is 6.13. The molecule has 1 aromatic carbocycles. The van der Waals surface area contributed by atoms with E-state index >= 15 is 0 Å². The van der Waals surface area contributed by atoms with Gasteiger partial charge < -0.3 is 10.2 Å². The molecule has 4 rings (SSSR count). The maximum absolute atomic E-state index is 10.6. The lowest BCUT2D eigenvalue weighted by Gasteiger charge is -2.63. The summed E-state index contributed by atoms with van der Waals surface area (Å²) in [6, 6.07) is 3.73. The van der Waals surface area contributed by atoms with E-state index in [1.54, 1.807) is 0 Å². The molecule has 3 nitrogen and oxygen atoms in total. The number of hydrogen-bond donors (Lipinski definition) is 3. The van der Waals surface area contributed by atoms with Gasteiger partial charge in [0.25, 0.3) is 0 Å². The molecule has 0 aromatic heterocycles. The van der Waals surface area contributed by atoms with Gasteiger partial charge in [-0.15, -0.1) is 0 Å². The number of phenolic OH excluding ortho intramolecular Hbond substituents is 2. The van der Waals surface area contributed by atoms with Gasteiger partial charge in [0.2, 0.25) is 0 Å². The van der Waals surface area contributed by atoms with Crippen molar-refractivity contribution in [2.45, 2.75) is 71.3 Å². The second-order valence-corrected chi connectivity index (χ2v) is 10.0. The number of aromatic hydroxyl groups is 2. The fourth-order valence-electron chi connectivity index (χ4n) is 7.22. The van der Waals surface area contributed by atoms with Gasteiger partial charge in [-0.3, -0.25) is 0 Å². The molecule has 4 heteroatoms. The summed E-state index contributed by atoms with van der Waals surface area (Å²) < 4.78 is 0. The first-order chi connectivity index (χ1) is 11.6. The smallest absolute Gasteiger partial charge is 0.123 e. The Bertz CT molecular complexity index is 718. The highest BCUT2D eigenvalue weighted by Crippen LogP contribution is 2.68. The minimum Gasteiger partial charge on any atom is -0.508 e. The number of halogens is 1. The van der Waals surface area contributed by atoms with Crippen molar-refractivity contribution in [3.8, 4) is 11.5 Å². The summed E-state index contributed by atoms with van der Waals surface area (Å²) in [7, 11) is 0. The Labute approximate surface area is 155 Å². The Morgan fingerprint density at radius 2 is 1.76 bits per heavy atom. The van der Waals surface area contributed by atoms with Crippen molar-refractivity contribution in [3.05, 3.63) is 23.3 Å². The van der Waals surface area contributed by atoms with Gasteiger partial charge in [0.15, 0.2) is 0 Å². The summed E-state index contributed by atoms with van der Waals surface area (Å²) in [5.74, 6) is 1.55. The van der Waals surface area contributed by atoms with Crippen LogP contribution < -0.4 is 4.84 Å². The van der Waals surface area contributed by atoms with E-state index in [-0.39, 0.29) is 27.7 Å². The van der Waals surface area contributed by atoms with Crippen LogP contribution in [0.25, 0.3) is 0 Å². The molecule has 25 heavy (non-hydrogen) atoms. The third-order valence-electron chi connectivity index (χ3n) is 8.39. The maximum atomic E-state index is 10.6. The zero-order valence-electron chi connectivity index (χ0n) is 15.7. The molecule has 5 atom stereocenters. The monoisotopic (exact) mass is 363 g/mol. The Morgan fingerprint density at radius 3 is 2.44 bits per heavy atom. The lowest BCUT2D eigenvalue weighted by molar-refractivity contribution is -0.109. The van der Waals surface area contributed by atoms with Crippen molar-refractivity contribution in [3.63, 3.8) is 0 Å². The number of phenols is 2. The van der Waals surface area contributed by atoms with E-state index in [2.05, 4.69) is 32.5 Å². The molecule has 1 aromatic rings. The van der Waals surface area contributed by atoms with Gasteiger partial charge in [-0.25, -0.2) is 4.84 Å². The Balaban J connectivity index is 1.80. The number of nitrogens with one attached hydrogen (secondary N) is 1. The SMILES string of the molecule is CC1(C)[C@@H](NCl)CC[C@]2(C)[C@@H]1CC[C@]1(C)c3c(O)cc(O)cc3C[C@@H]21. The molecular formula is C21H30ClNO2. The van der Waals surface area contributed by atoms with E-state index in [4.69, 9.17) is 11.8 Å². The van der Waals surface area contributed by atoms with E-state index in [9.17, 15) is 10.2 Å². The van der Waals surface area contributed by atoms with E-state index in [1.807, 2.05) is 6.07 Å². The van der Waals surface area contributed by atoms with Crippen LogP contribution in [-0.2, 0) is 11.8 Å². The van der Waals surface area contributed by atoms with Crippen LogP contribution in [0.1, 0.15) is 64.5 Å². The van der Waals surface area contributed by atoms with Crippen LogP contribution in [0, 0.1) is 22.7 Å². The molecule has 0 aliphatic heterocycles. The topological polar surface area (TPSA) is 52.5 Å². The summed E-state index contributed by atoms with van der Waals surface area (Å²) in [6.07, 6.45) is 5.44. The number of hydrogen-bond acceptors (Lipinski definition) is 3. The van der Waals surface area contributed by atoms with Gasteiger partial charge in [0.1, 0.15) is 11.5 Å². The first kappa shape index (κ1) is 17.5. The van der Waals surface area contributed by atoms with Crippen molar-refractivity contribution < 1.29 is 10.2 Å². The minimum absolute atomic E-state index is 0.00429. The van der Waals surface area contributed by atoms with Gasteiger partial charge in [0, 0.05) is 23.1 Å². The highest BCUT2D eigenvalue weighted by atomic mass is 35.5. The van der Waals surface area contributed by atoms with Gasteiger partial charge in [-0.2, -0.15) is 0 Å². The van der Waals surface area contributed by atoms with Crippen molar-refractivity contribution in [2.75, 3.05) is 0 Å². The second-order valence-electron chi connectivity index (χ2n) is 9.79. The van der Waals surface area contributed by atoms with Crippen LogP contribution in [-0.4, -0.2) is 16.3 Å². The van der Waals surface area contributed by atoms with E-state index in [1.165, 1.54) is 6.07 Å². The van der Waals surface area contributed by atoms with Gasteiger partial charge in [-0.1, -0.05) is 27.7 Å². The minimum atomic E-state index is -0.00429. The van der Waals surface area contributed by atoms with Crippen LogP contribution in [0.15, 0.2) is 12.1 Å². The molecule has 0 saturated heterocycles. The predicted molar refractivity (Wildman–Crippen MR) is 101 cm³/mol. The fourth-order valence-corrected chi connectivity index (χ4v) is 7.61. The Kier molecular flexibility index (Phi) is 3.70. The van der Waals surface area contributed by atoms with Crippen molar-refractivity contribution >= 4 is 11.8 Å². The van der Waals surface area contributed by atoms with E-state index < -0.39 is 0 Å². The average molecular weight is 364 g/mol. The van der Waals surface area contributed by atoms with Crippen LogP contribution in [0.3, 0.4) is 0 Å². The lowest BCUT2D eigenvalue weighted by Crippen LogP contribution is -2.60. The summed E-state index contributed by atoms with van der Waals surface area (Å²) in [5, 5.41) is 20.5. The molecule has 3 aliphatic rings. The number of rotatable bonds is 1. The molecule has 0 spiro atoms. The van der Waals surface area contributed by atoms with Crippen molar-refractivity contribution in [1.29, 1.82) is 0 Å². The Morgan fingerprint density at radius 1 is 1.04 bits per heavy atom. The summed E-state index contributed by atoms with van der Waals surface area (Å²) in [4.78, 5) is 3.05. The van der Waals surface area contributed by atoms with Crippen molar-refractivity contribution in [2.24, 2.45) is 22.7 Å². The third-order valence-corrected chi connectivity index (χ3v) is 8.66. The molecule has 0 radical (unpaired) electrons. The molecule has 3 aliphatic carbocycles. The average Bonchev–Trinajstić information content (AvgIpc) is 2.80. The first-order valence-electron chi connectivity index (χ1n) is 9.56. The molecule has 0 heterocycles. The molecular weight excluding hydrogens is 334 g/mol. The zero-order chi connectivity index (χ0) is 18.2. The van der Waals surface area contributed by atoms with Crippen LogP contribution in [0.2, 0.25) is 0 Å². The van der Waals surface area contributed by atoms with Gasteiger partial charge >= 0.3 is 0 Å². The standard InChI is InChI=1S/C21H30ClNO2/c1-19(2)15-5-7-21(4)16(20(15,3)8-6-17(19)23-22)10-12-9-13(24)11-14(25)18(12)21/h9,11,15-17,23-25H,5-8,10H2,1-4H3/t15-,16+,17+,20-,21+/m1/s1. The second kappa shape index (κ2) is 5.29. The first-order valence-corrected chi connectivity index (χ1v) is 9.94. The van der Waals surface area contributed by atoms with E-state index in [0.717, 1.165) is 43.2 Å². The summed E-state index contributed by atoms with van der Waals surface area (Å²) in [5.41, 5.74) is 2.60. The molecule has 138 valence electrons. The third kappa shape index (κ3) is 2.15. The zero-order valence-corrected chi connectivity index (χ0v) is 16.5. The quantitative estimate of drug-likeness (QED) is 0.623. The molecule has 0 unspecified atom stereocenters. The highest BCUT2D eigenvalue weighted by Gasteiger charge is 2.63. The predicted octanol–water partition coefficient (Wildman–Crippen LogP) is 4.88. The molecule has 2 fully saturated rings. The normalized spacial score (nSPS) is 41.7. The molecule has 3 N–H and O–H groups in total. The largest absolute Gasteiger partial charge is 0.508 e. The van der Waals surface area contributed by atoms with Crippen molar-refractivity contribution in [1.82, 2.24) is 4.84 Å². The number of benzene rings is 1. The molecule has 2 saturated carbocycles. The van der Waals surface area contributed by atoms with E-state index in [0.29, 0.717) is 17.9 Å². The summed E-state index contributed by atoms with van der Waals surface area (Å²) in [6.45, 7) is 9.53. The maximum Gasteiger partial charge on any atom is 0.123 e. The Hall–Kier alpha value is -0.930. The summed E-state index contributed by atoms with van der Waals surface area (Å²) >= 11 is 6.08. The number of fused-ring (bicyclic) bond motifs is 5. The molecule has 0 amide bonds. The van der Waals surface area contributed by atoms with Gasteiger partial charge in [0.05, 0.1) is 0 Å². The lowest BCUT2D eigenvalue weighted by atomic mass is 9.43. The van der Waals surface area contributed by atoms with Crippen LogP contribution in [0.4, 0.5) is 0 Å². The van der Waals surface area contributed by atoms with Crippen LogP contribution in [0.5, 0.6) is 11.5 Å². The fraction of sp³-hybridized carbons (Fsp3) is 0.714.